The number of ketones is 1. The van der Waals surface area contributed by atoms with Crippen molar-refractivity contribution in [2.45, 2.75) is 43.9 Å². The summed E-state index contributed by atoms with van der Waals surface area (Å²) < 4.78 is 53.4. The molecule has 2 fully saturated rings. The standard InChI is InChI=1S/C25H22ClF4N5O5/c26-16-7-15(18(8-17(16)27)34-22(38)12-5-13(10-31-9-12)25(28,29)30)23(39)35-19(6-11-3-4-32-21(11)37)20(36)24(40)33-14-1-2-14/h5,7-11,14,19H,1-4,6H2,(H,32,37)(H,33,40)(H,34,38)(H,35,39)/t11-,19?/m0/s1. The van der Waals surface area contributed by atoms with E-state index < -0.39 is 74.9 Å². The van der Waals surface area contributed by atoms with Gasteiger partial charge in [0.1, 0.15) is 5.82 Å². The number of halogens is 5. The number of pyridine rings is 1. The Labute approximate surface area is 229 Å². The van der Waals surface area contributed by atoms with Crippen molar-refractivity contribution in [3.05, 3.63) is 58.1 Å². The average Bonchev–Trinajstić information content (AvgIpc) is 3.63. The highest BCUT2D eigenvalue weighted by atomic mass is 35.5. The highest BCUT2D eigenvalue weighted by molar-refractivity contribution is 6.38. The molecule has 4 amide bonds. The van der Waals surface area contributed by atoms with Gasteiger partial charge in [-0.15, -0.1) is 0 Å². The zero-order chi connectivity index (χ0) is 29.2. The van der Waals surface area contributed by atoms with Crippen LogP contribution in [0.4, 0.5) is 23.2 Å². The van der Waals surface area contributed by atoms with Crippen LogP contribution in [0.5, 0.6) is 0 Å². The monoisotopic (exact) mass is 583 g/mol. The van der Waals surface area contributed by atoms with E-state index in [0.717, 1.165) is 12.3 Å². The number of benzene rings is 1. The second-order valence-electron chi connectivity index (χ2n) is 9.38. The van der Waals surface area contributed by atoms with Gasteiger partial charge >= 0.3 is 6.18 Å². The maximum atomic E-state index is 14.3. The molecule has 1 saturated heterocycles. The number of nitrogens with one attached hydrogen (secondary N) is 4. The molecule has 10 nitrogen and oxygen atoms in total. The maximum Gasteiger partial charge on any atom is 0.417 e. The van der Waals surface area contributed by atoms with E-state index in [0.29, 0.717) is 44.1 Å². The molecule has 0 bridgehead atoms. The van der Waals surface area contributed by atoms with Crippen molar-refractivity contribution in [1.29, 1.82) is 0 Å². The smallest absolute Gasteiger partial charge is 0.356 e. The van der Waals surface area contributed by atoms with Crippen molar-refractivity contribution in [2.24, 2.45) is 5.92 Å². The highest BCUT2D eigenvalue weighted by Gasteiger charge is 2.36. The number of anilines is 1. The van der Waals surface area contributed by atoms with Crippen LogP contribution >= 0.6 is 11.6 Å². The van der Waals surface area contributed by atoms with E-state index in [1.54, 1.807) is 0 Å². The number of Topliss-reactive ketones (excluding diaryl/α,β-unsaturated/α-hetero) is 1. The Morgan fingerprint density at radius 1 is 1.07 bits per heavy atom. The van der Waals surface area contributed by atoms with Crippen LogP contribution in [0.15, 0.2) is 30.6 Å². The SMILES string of the molecule is O=C(NC1CC1)C(=O)C(C[C@@H]1CCNC1=O)NC(=O)c1cc(Cl)c(F)cc1NC(=O)c1cncc(C(F)(F)F)c1. The van der Waals surface area contributed by atoms with Crippen LogP contribution in [0.25, 0.3) is 0 Å². The molecule has 1 saturated carbocycles. The van der Waals surface area contributed by atoms with E-state index in [9.17, 15) is 41.5 Å². The normalized spacial score (nSPS) is 17.5. The van der Waals surface area contributed by atoms with E-state index >= 15 is 0 Å². The number of aromatic nitrogens is 1. The van der Waals surface area contributed by atoms with Crippen LogP contribution < -0.4 is 21.3 Å². The number of rotatable bonds is 9. The van der Waals surface area contributed by atoms with Gasteiger partial charge in [-0.2, -0.15) is 13.2 Å². The van der Waals surface area contributed by atoms with Crippen LogP contribution in [0.2, 0.25) is 5.02 Å². The van der Waals surface area contributed by atoms with Crippen LogP contribution in [0.3, 0.4) is 0 Å². The summed E-state index contributed by atoms with van der Waals surface area (Å²) in [6.45, 7) is 0.348. The van der Waals surface area contributed by atoms with Crippen LogP contribution in [0, 0.1) is 11.7 Å². The summed E-state index contributed by atoms with van der Waals surface area (Å²) in [5.74, 6) is -6.25. The summed E-state index contributed by atoms with van der Waals surface area (Å²) in [4.78, 5) is 66.9. The maximum absolute atomic E-state index is 14.3. The van der Waals surface area contributed by atoms with E-state index in [4.69, 9.17) is 11.6 Å². The summed E-state index contributed by atoms with van der Waals surface area (Å²) in [5, 5.41) is 9.10. The molecule has 1 aliphatic carbocycles. The summed E-state index contributed by atoms with van der Waals surface area (Å²) in [5.41, 5.74) is -2.67. The Balaban J connectivity index is 1.59. The molecule has 1 aromatic heterocycles. The lowest BCUT2D eigenvalue weighted by molar-refractivity contribution is -0.139. The van der Waals surface area contributed by atoms with Crippen molar-refractivity contribution >= 4 is 46.7 Å². The quantitative estimate of drug-likeness (QED) is 0.264. The summed E-state index contributed by atoms with van der Waals surface area (Å²) in [6.07, 6.45) is -1.89. The molecule has 1 aromatic carbocycles. The van der Waals surface area contributed by atoms with E-state index in [2.05, 4.69) is 26.3 Å². The minimum absolute atomic E-state index is 0.161. The van der Waals surface area contributed by atoms with Gasteiger partial charge in [0.25, 0.3) is 17.7 Å². The molecule has 1 aliphatic heterocycles. The number of nitrogens with zero attached hydrogens (tertiary/aromatic N) is 1. The van der Waals surface area contributed by atoms with Gasteiger partial charge in [-0.05, 0) is 43.9 Å². The molecule has 2 heterocycles. The highest BCUT2D eigenvalue weighted by Crippen LogP contribution is 2.30. The van der Waals surface area contributed by atoms with Crippen molar-refractivity contribution in [1.82, 2.24) is 20.9 Å². The first-order valence-corrected chi connectivity index (χ1v) is 12.5. The van der Waals surface area contributed by atoms with Gasteiger partial charge in [0.2, 0.25) is 11.7 Å². The second kappa shape index (κ2) is 11.6. The molecular weight excluding hydrogens is 562 g/mol. The first kappa shape index (κ1) is 28.9. The number of alkyl halides is 3. The number of carbonyl (C=O) groups is 5. The van der Waals surface area contributed by atoms with Gasteiger partial charge in [0.15, 0.2) is 0 Å². The fourth-order valence-electron chi connectivity index (χ4n) is 4.02. The number of hydrogen-bond donors (Lipinski definition) is 4. The number of carbonyl (C=O) groups excluding carboxylic acids is 5. The zero-order valence-electron chi connectivity index (χ0n) is 20.5. The van der Waals surface area contributed by atoms with Crippen molar-refractivity contribution in [2.75, 3.05) is 11.9 Å². The van der Waals surface area contributed by atoms with Crippen LogP contribution in [-0.4, -0.2) is 53.0 Å². The second-order valence-corrected chi connectivity index (χ2v) is 9.78. The number of hydrogen-bond acceptors (Lipinski definition) is 6. The van der Waals surface area contributed by atoms with Gasteiger partial charge in [0.05, 0.1) is 33.4 Å². The van der Waals surface area contributed by atoms with Gasteiger partial charge < -0.3 is 21.3 Å². The first-order chi connectivity index (χ1) is 18.8. The molecule has 0 spiro atoms. The third kappa shape index (κ3) is 6.92. The zero-order valence-corrected chi connectivity index (χ0v) is 21.3. The molecule has 0 radical (unpaired) electrons. The summed E-state index contributed by atoms with van der Waals surface area (Å²) >= 11 is 5.84. The predicted octanol–water partition coefficient (Wildman–Crippen LogP) is 2.62. The molecule has 4 rings (SSSR count). The Bertz CT molecular complexity index is 1380. The topological polar surface area (TPSA) is 146 Å². The van der Waals surface area contributed by atoms with Crippen molar-refractivity contribution in [3.8, 4) is 0 Å². The molecular formula is C25H22ClF4N5O5. The Hall–Kier alpha value is -4.07. The van der Waals surface area contributed by atoms with Gasteiger partial charge in [-0.3, -0.25) is 29.0 Å². The lowest BCUT2D eigenvalue weighted by atomic mass is 9.95. The third-order valence-electron chi connectivity index (χ3n) is 6.32. The fourth-order valence-corrected chi connectivity index (χ4v) is 4.18. The Morgan fingerprint density at radius 3 is 2.42 bits per heavy atom. The van der Waals surface area contributed by atoms with Crippen LogP contribution in [-0.2, 0) is 20.6 Å². The predicted molar refractivity (Wildman–Crippen MR) is 132 cm³/mol. The molecule has 4 N–H and O–H groups in total. The molecule has 15 heteroatoms. The minimum Gasteiger partial charge on any atom is -0.356 e. The van der Waals surface area contributed by atoms with E-state index in [1.807, 2.05) is 0 Å². The van der Waals surface area contributed by atoms with Crippen molar-refractivity contribution < 1.29 is 41.5 Å². The first-order valence-electron chi connectivity index (χ1n) is 12.1. The van der Waals surface area contributed by atoms with Gasteiger partial charge in [-0.1, -0.05) is 11.6 Å². The molecule has 2 atom stereocenters. The van der Waals surface area contributed by atoms with Crippen LogP contribution in [0.1, 0.15) is 52.0 Å². The minimum atomic E-state index is -4.79. The van der Waals surface area contributed by atoms with Gasteiger partial charge in [-0.25, -0.2) is 4.39 Å². The average molecular weight is 584 g/mol. The van der Waals surface area contributed by atoms with E-state index in [-0.39, 0.29) is 18.4 Å². The Kier molecular flexibility index (Phi) is 8.37. The molecule has 2 aliphatic rings. The summed E-state index contributed by atoms with van der Waals surface area (Å²) in [7, 11) is 0. The largest absolute Gasteiger partial charge is 0.417 e. The van der Waals surface area contributed by atoms with E-state index in [1.165, 1.54) is 0 Å². The summed E-state index contributed by atoms with van der Waals surface area (Å²) in [6, 6.07) is 0.428. The lowest BCUT2D eigenvalue weighted by Gasteiger charge is -2.21. The molecule has 2 aromatic rings. The van der Waals surface area contributed by atoms with Crippen molar-refractivity contribution in [3.63, 3.8) is 0 Å². The molecule has 40 heavy (non-hydrogen) atoms. The Morgan fingerprint density at radius 2 is 1.80 bits per heavy atom. The van der Waals surface area contributed by atoms with Gasteiger partial charge in [0, 0.05) is 30.9 Å². The lowest BCUT2D eigenvalue weighted by Crippen LogP contribution is -2.49. The molecule has 212 valence electrons. The fraction of sp³-hybridized carbons (Fsp3) is 0.360. The molecule has 1 unspecified atom stereocenters. The number of amides is 4. The third-order valence-corrected chi connectivity index (χ3v) is 6.61.